The van der Waals surface area contributed by atoms with Gasteiger partial charge in [0.25, 0.3) is 0 Å². The van der Waals surface area contributed by atoms with Crippen molar-refractivity contribution in [2.75, 3.05) is 12.0 Å². The summed E-state index contributed by atoms with van der Waals surface area (Å²) in [4.78, 5) is 36.0. The maximum Gasteiger partial charge on any atom is 0.336 e. The van der Waals surface area contributed by atoms with Crippen LogP contribution in [0.3, 0.4) is 0 Å². The number of nitrogens with zero attached hydrogens (tertiary/aromatic N) is 1. The summed E-state index contributed by atoms with van der Waals surface area (Å²) in [5.41, 5.74) is 0.527. The van der Waals surface area contributed by atoms with Gasteiger partial charge >= 0.3 is 5.97 Å². The summed E-state index contributed by atoms with van der Waals surface area (Å²) in [7, 11) is 1.20. The van der Waals surface area contributed by atoms with Crippen LogP contribution in [0, 0.1) is 0 Å². The fraction of sp³-hybridized carbons (Fsp3) is 0.250. The zero-order valence-electron chi connectivity index (χ0n) is 9.25. The number of ether oxygens (including phenoxy) is 1. The Labute approximate surface area is 98.0 Å². The van der Waals surface area contributed by atoms with Crippen LogP contribution in [0.15, 0.2) is 30.3 Å². The SMILES string of the molecule is COC(=O)C1C(=O)CC(=O)N1c1ccccc1. The van der Waals surface area contributed by atoms with Crippen molar-refractivity contribution in [1.82, 2.24) is 0 Å². The number of anilines is 1. The molecule has 1 heterocycles. The molecule has 0 aliphatic carbocycles. The van der Waals surface area contributed by atoms with Gasteiger partial charge in [0.05, 0.1) is 13.5 Å². The van der Waals surface area contributed by atoms with Crippen LogP contribution in [0.5, 0.6) is 0 Å². The molecule has 1 fully saturated rings. The Hall–Kier alpha value is -2.17. The molecule has 5 nitrogen and oxygen atoms in total. The summed E-state index contributed by atoms with van der Waals surface area (Å²) in [6.07, 6.45) is -0.255. The number of Topliss-reactive ketones (excluding diaryl/α,β-unsaturated/α-hetero) is 1. The van der Waals surface area contributed by atoms with Gasteiger partial charge in [0.1, 0.15) is 0 Å². The molecule has 2 rings (SSSR count). The summed E-state index contributed by atoms with van der Waals surface area (Å²) in [6, 6.07) is 7.46. The number of hydrogen-bond acceptors (Lipinski definition) is 4. The average Bonchev–Trinajstić information content (AvgIpc) is 2.64. The number of esters is 1. The predicted octanol–water partition coefficient (Wildman–Crippen LogP) is 0.534. The van der Waals surface area contributed by atoms with Gasteiger partial charge in [-0.15, -0.1) is 0 Å². The van der Waals surface area contributed by atoms with Crippen molar-refractivity contribution in [2.45, 2.75) is 12.5 Å². The van der Waals surface area contributed by atoms with Crippen molar-refractivity contribution in [3.63, 3.8) is 0 Å². The number of methoxy groups -OCH3 is 1. The topological polar surface area (TPSA) is 63.7 Å². The first-order valence-corrected chi connectivity index (χ1v) is 5.13. The largest absolute Gasteiger partial charge is 0.467 e. The van der Waals surface area contributed by atoms with E-state index < -0.39 is 17.8 Å². The van der Waals surface area contributed by atoms with Crippen molar-refractivity contribution in [2.24, 2.45) is 0 Å². The van der Waals surface area contributed by atoms with E-state index in [1.165, 1.54) is 12.0 Å². The van der Waals surface area contributed by atoms with Crippen LogP contribution in [0.25, 0.3) is 0 Å². The highest BCUT2D eigenvalue weighted by Gasteiger charge is 2.44. The van der Waals surface area contributed by atoms with Gasteiger partial charge < -0.3 is 4.74 Å². The second-order valence-corrected chi connectivity index (χ2v) is 3.67. The fourth-order valence-corrected chi connectivity index (χ4v) is 1.85. The quantitative estimate of drug-likeness (QED) is 0.552. The van der Waals surface area contributed by atoms with Crippen molar-refractivity contribution in [3.05, 3.63) is 30.3 Å². The summed E-state index contributed by atoms with van der Waals surface area (Å²) in [6.45, 7) is 0. The Morgan fingerprint density at radius 3 is 2.53 bits per heavy atom. The molecule has 1 aliphatic heterocycles. The standard InChI is InChI=1S/C12H11NO4/c1-17-12(16)11-9(14)7-10(15)13(11)8-5-3-2-4-6-8/h2-6,11H,7H2,1H3. The molecule has 17 heavy (non-hydrogen) atoms. The molecule has 88 valence electrons. The molecule has 1 unspecified atom stereocenters. The first-order chi connectivity index (χ1) is 8.15. The maximum atomic E-state index is 11.7. The monoisotopic (exact) mass is 233 g/mol. The molecule has 0 N–H and O–H groups in total. The van der Waals surface area contributed by atoms with Crippen LogP contribution < -0.4 is 4.90 Å². The third-order valence-corrected chi connectivity index (χ3v) is 2.62. The Bertz CT molecular complexity index is 469. The van der Waals surface area contributed by atoms with E-state index >= 15 is 0 Å². The molecule has 1 aliphatic rings. The third-order valence-electron chi connectivity index (χ3n) is 2.62. The minimum Gasteiger partial charge on any atom is -0.467 e. The number of hydrogen-bond donors (Lipinski definition) is 0. The first-order valence-electron chi connectivity index (χ1n) is 5.13. The van der Waals surface area contributed by atoms with Crippen LogP contribution in [0.2, 0.25) is 0 Å². The maximum absolute atomic E-state index is 11.7. The molecule has 1 saturated heterocycles. The van der Waals surface area contributed by atoms with Gasteiger partial charge in [-0.1, -0.05) is 18.2 Å². The molecule has 0 radical (unpaired) electrons. The number of benzene rings is 1. The summed E-state index contributed by atoms with van der Waals surface area (Å²) < 4.78 is 4.55. The highest BCUT2D eigenvalue weighted by atomic mass is 16.5. The highest BCUT2D eigenvalue weighted by molar-refractivity contribution is 6.24. The third kappa shape index (κ3) is 1.91. The molecule has 0 saturated carbocycles. The number of amides is 1. The van der Waals surface area contributed by atoms with Crippen molar-refractivity contribution >= 4 is 23.3 Å². The molecule has 0 bridgehead atoms. The Balaban J connectivity index is 2.39. The van der Waals surface area contributed by atoms with E-state index in [2.05, 4.69) is 4.74 Å². The van der Waals surface area contributed by atoms with Crippen LogP contribution in [0.1, 0.15) is 6.42 Å². The lowest BCUT2D eigenvalue weighted by Crippen LogP contribution is -2.42. The second-order valence-electron chi connectivity index (χ2n) is 3.67. The lowest BCUT2D eigenvalue weighted by Gasteiger charge is -2.21. The van der Waals surface area contributed by atoms with E-state index in [0.717, 1.165) is 0 Å². The van der Waals surface area contributed by atoms with E-state index in [1.54, 1.807) is 30.3 Å². The van der Waals surface area contributed by atoms with Crippen molar-refractivity contribution in [1.29, 1.82) is 0 Å². The summed E-state index contributed by atoms with van der Waals surface area (Å²) in [5.74, 6) is -1.51. The van der Waals surface area contributed by atoms with Gasteiger partial charge in [-0.25, -0.2) is 4.79 Å². The minimum atomic E-state index is -1.14. The molecule has 1 atom stereocenters. The zero-order chi connectivity index (χ0) is 12.4. The van der Waals surface area contributed by atoms with E-state index in [1.807, 2.05) is 0 Å². The molecule has 0 spiro atoms. The summed E-state index contributed by atoms with van der Waals surface area (Å²) >= 11 is 0. The van der Waals surface area contributed by atoms with Gasteiger partial charge in [0, 0.05) is 5.69 Å². The molecule has 1 aromatic carbocycles. The number of carbonyl (C=O) groups excluding carboxylic acids is 3. The van der Waals surface area contributed by atoms with Crippen LogP contribution in [-0.2, 0) is 19.1 Å². The minimum absolute atomic E-state index is 0.255. The van der Waals surface area contributed by atoms with Gasteiger partial charge in [0.15, 0.2) is 11.8 Å². The van der Waals surface area contributed by atoms with Crippen molar-refractivity contribution in [3.8, 4) is 0 Å². The zero-order valence-corrected chi connectivity index (χ0v) is 9.25. The average molecular weight is 233 g/mol. The van der Waals surface area contributed by atoms with Gasteiger partial charge in [0.2, 0.25) is 5.91 Å². The lowest BCUT2D eigenvalue weighted by molar-refractivity contribution is -0.144. The predicted molar refractivity (Wildman–Crippen MR) is 59.4 cm³/mol. The van der Waals surface area contributed by atoms with Gasteiger partial charge in [-0.3, -0.25) is 14.5 Å². The normalized spacial score (nSPS) is 19.6. The number of para-hydroxylation sites is 1. The van der Waals surface area contributed by atoms with Crippen LogP contribution in [-0.4, -0.2) is 30.8 Å². The van der Waals surface area contributed by atoms with E-state index in [4.69, 9.17) is 0 Å². The summed E-state index contributed by atoms with van der Waals surface area (Å²) in [5, 5.41) is 0. The Kier molecular flexibility index (Phi) is 2.91. The van der Waals surface area contributed by atoms with E-state index in [9.17, 15) is 14.4 Å². The van der Waals surface area contributed by atoms with Crippen molar-refractivity contribution < 1.29 is 19.1 Å². The number of rotatable bonds is 2. The molecule has 1 amide bonds. The number of carbonyl (C=O) groups is 3. The molecule has 5 heteroatoms. The first kappa shape index (κ1) is 11.3. The Morgan fingerprint density at radius 2 is 1.94 bits per heavy atom. The van der Waals surface area contributed by atoms with Crippen LogP contribution >= 0.6 is 0 Å². The Morgan fingerprint density at radius 1 is 1.29 bits per heavy atom. The molecule has 1 aromatic rings. The smallest absolute Gasteiger partial charge is 0.336 e. The van der Waals surface area contributed by atoms with Gasteiger partial charge in [-0.05, 0) is 12.1 Å². The second kappa shape index (κ2) is 4.37. The highest BCUT2D eigenvalue weighted by Crippen LogP contribution is 2.24. The number of ketones is 1. The molecular formula is C12H11NO4. The lowest BCUT2D eigenvalue weighted by atomic mass is 10.2. The van der Waals surface area contributed by atoms with E-state index in [-0.39, 0.29) is 12.3 Å². The van der Waals surface area contributed by atoms with Crippen LogP contribution in [0.4, 0.5) is 5.69 Å². The molecule has 0 aromatic heterocycles. The molecular weight excluding hydrogens is 222 g/mol. The van der Waals surface area contributed by atoms with E-state index in [0.29, 0.717) is 5.69 Å². The fourth-order valence-electron chi connectivity index (χ4n) is 1.85. The van der Waals surface area contributed by atoms with Gasteiger partial charge in [-0.2, -0.15) is 0 Å².